The average Bonchev–Trinajstić information content (AvgIpc) is 2.81. The van der Waals surface area contributed by atoms with Crippen molar-refractivity contribution < 1.29 is 14.5 Å². The van der Waals surface area contributed by atoms with Crippen LogP contribution in [0.4, 0.5) is 10.5 Å². The van der Waals surface area contributed by atoms with Gasteiger partial charge in [0.15, 0.2) is 0 Å². The van der Waals surface area contributed by atoms with Gasteiger partial charge in [-0.1, -0.05) is 34.1 Å². The van der Waals surface area contributed by atoms with Gasteiger partial charge in [-0.25, -0.2) is 4.79 Å². The van der Waals surface area contributed by atoms with Crippen LogP contribution in [0.5, 0.6) is 0 Å². The van der Waals surface area contributed by atoms with E-state index >= 15 is 0 Å². The van der Waals surface area contributed by atoms with Gasteiger partial charge in [0.2, 0.25) is 0 Å². The van der Waals surface area contributed by atoms with Crippen molar-refractivity contribution in [3.05, 3.63) is 74.2 Å². The Morgan fingerprint density at radius 2 is 1.80 bits per heavy atom. The Morgan fingerprint density at radius 1 is 1.16 bits per heavy atom. The van der Waals surface area contributed by atoms with Crippen LogP contribution < -0.4 is 5.32 Å². The number of nitrogens with zero attached hydrogens (tertiary/aromatic N) is 2. The summed E-state index contributed by atoms with van der Waals surface area (Å²) in [6.07, 6.45) is 0. The second-order valence-electron chi connectivity index (χ2n) is 5.84. The third-order valence-electron chi connectivity index (χ3n) is 4.22. The van der Waals surface area contributed by atoms with E-state index < -0.39 is 22.4 Å². The molecule has 7 nitrogen and oxygen atoms in total. The second-order valence-corrected chi connectivity index (χ2v) is 6.70. The number of carbonyl (C=O) groups is 2. The zero-order valence-electron chi connectivity index (χ0n) is 13.2. The highest BCUT2D eigenvalue weighted by Gasteiger charge is 2.49. The molecule has 0 radical (unpaired) electrons. The SMILES string of the molecule is C[C@]1(c2ccc([N+](=O)[O-])cc2)NC(=O)N(Cc2ccccc2Br)C1=O. The monoisotopic (exact) mass is 403 g/mol. The smallest absolute Gasteiger partial charge is 0.319 e. The first kappa shape index (κ1) is 17.1. The molecule has 3 rings (SSSR count). The van der Waals surface area contributed by atoms with Crippen molar-refractivity contribution in [2.45, 2.75) is 19.0 Å². The molecule has 0 unspecified atom stereocenters. The minimum Gasteiger partial charge on any atom is -0.319 e. The van der Waals surface area contributed by atoms with E-state index in [1.807, 2.05) is 24.3 Å². The largest absolute Gasteiger partial charge is 0.325 e. The van der Waals surface area contributed by atoms with Crippen molar-refractivity contribution in [2.24, 2.45) is 0 Å². The zero-order valence-corrected chi connectivity index (χ0v) is 14.8. The van der Waals surface area contributed by atoms with Crippen LogP contribution in [0.1, 0.15) is 18.1 Å². The molecule has 1 heterocycles. The number of nitro groups is 1. The number of nitrogens with one attached hydrogen (secondary N) is 1. The third kappa shape index (κ3) is 3.00. The fraction of sp³-hybridized carbons (Fsp3) is 0.176. The lowest BCUT2D eigenvalue weighted by atomic mass is 9.92. The predicted molar refractivity (Wildman–Crippen MR) is 93.7 cm³/mol. The molecule has 1 fully saturated rings. The van der Waals surface area contributed by atoms with Gasteiger partial charge in [0, 0.05) is 16.6 Å². The fourth-order valence-corrected chi connectivity index (χ4v) is 3.16. The van der Waals surface area contributed by atoms with Gasteiger partial charge in [-0.15, -0.1) is 0 Å². The number of urea groups is 1. The van der Waals surface area contributed by atoms with Crippen molar-refractivity contribution in [3.8, 4) is 0 Å². The lowest BCUT2D eigenvalue weighted by molar-refractivity contribution is -0.384. The fourth-order valence-electron chi connectivity index (χ4n) is 2.75. The second kappa shape index (κ2) is 6.29. The topological polar surface area (TPSA) is 92.6 Å². The van der Waals surface area contributed by atoms with Crippen LogP contribution in [-0.4, -0.2) is 21.8 Å². The Labute approximate surface area is 151 Å². The summed E-state index contributed by atoms with van der Waals surface area (Å²) in [6, 6.07) is 12.4. The van der Waals surface area contributed by atoms with Crippen LogP contribution in [0.3, 0.4) is 0 Å². The van der Waals surface area contributed by atoms with Crippen LogP contribution in [-0.2, 0) is 16.9 Å². The van der Waals surface area contributed by atoms with Crippen LogP contribution >= 0.6 is 15.9 Å². The number of amides is 3. The van der Waals surface area contributed by atoms with E-state index in [4.69, 9.17) is 0 Å². The standard InChI is InChI=1S/C17H14BrN3O4/c1-17(12-6-8-13(9-7-12)21(24)25)15(22)20(16(23)19-17)10-11-4-2-3-5-14(11)18/h2-9H,10H2,1H3,(H,19,23)/t17-/m1/s1. The molecule has 25 heavy (non-hydrogen) atoms. The van der Waals surface area contributed by atoms with E-state index in [1.165, 1.54) is 24.3 Å². The molecule has 0 spiro atoms. The molecule has 1 saturated heterocycles. The van der Waals surface area contributed by atoms with Gasteiger partial charge in [0.1, 0.15) is 5.54 Å². The quantitative estimate of drug-likeness (QED) is 0.481. The molecule has 0 aliphatic carbocycles. The van der Waals surface area contributed by atoms with Crippen molar-refractivity contribution in [1.29, 1.82) is 0 Å². The number of carbonyl (C=O) groups excluding carboxylic acids is 2. The maximum Gasteiger partial charge on any atom is 0.325 e. The summed E-state index contributed by atoms with van der Waals surface area (Å²) in [6.45, 7) is 1.73. The van der Waals surface area contributed by atoms with Gasteiger partial charge in [-0.2, -0.15) is 0 Å². The van der Waals surface area contributed by atoms with E-state index in [0.29, 0.717) is 5.56 Å². The average molecular weight is 404 g/mol. The summed E-state index contributed by atoms with van der Waals surface area (Å²) < 4.78 is 0.805. The number of non-ortho nitro benzene ring substituents is 1. The molecular weight excluding hydrogens is 390 g/mol. The molecule has 8 heteroatoms. The third-order valence-corrected chi connectivity index (χ3v) is 4.99. The summed E-state index contributed by atoms with van der Waals surface area (Å²) in [7, 11) is 0. The number of hydrogen-bond acceptors (Lipinski definition) is 4. The highest BCUT2D eigenvalue weighted by Crippen LogP contribution is 2.31. The maximum absolute atomic E-state index is 12.9. The Hall–Kier alpha value is -2.74. The Kier molecular flexibility index (Phi) is 4.30. The van der Waals surface area contributed by atoms with Crippen LogP contribution in [0.15, 0.2) is 53.0 Å². The number of hydrogen-bond donors (Lipinski definition) is 1. The van der Waals surface area contributed by atoms with E-state index in [9.17, 15) is 19.7 Å². The molecule has 1 aliphatic heterocycles. The first-order chi connectivity index (χ1) is 11.8. The van der Waals surface area contributed by atoms with E-state index in [2.05, 4.69) is 21.2 Å². The molecule has 2 aromatic carbocycles. The first-order valence-electron chi connectivity index (χ1n) is 7.45. The summed E-state index contributed by atoms with van der Waals surface area (Å²) in [5.74, 6) is -0.401. The molecule has 128 valence electrons. The van der Waals surface area contributed by atoms with E-state index in [-0.39, 0.29) is 12.2 Å². The van der Waals surface area contributed by atoms with E-state index in [0.717, 1.165) is 14.9 Å². The molecule has 1 atom stereocenters. The Bertz CT molecular complexity index is 868. The van der Waals surface area contributed by atoms with Gasteiger partial charge in [-0.3, -0.25) is 19.8 Å². The number of halogens is 1. The lowest BCUT2D eigenvalue weighted by Gasteiger charge is -2.22. The molecule has 3 amide bonds. The first-order valence-corrected chi connectivity index (χ1v) is 8.24. The molecule has 0 bridgehead atoms. The number of nitro benzene ring substituents is 1. The number of imide groups is 1. The minimum atomic E-state index is -1.26. The summed E-state index contributed by atoms with van der Waals surface area (Å²) in [4.78, 5) is 36.6. The molecule has 1 aliphatic rings. The highest BCUT2D eigenvalue weighted by atomic mass is 79.9. The normalized spacial score (nSPS) is 19.8. The summed E-state index contributed by atoms with van der Waals surface area (Å²) in [5.41, 5.74) is -0.0350. The van der Waals surface area contributed by atoms with E-state index in [1.54, 1.807) is 6.92 Å². The van der Waals surface area contributed by atoms with Crippen molar-refractivity contribution in [2.75, 3.05) is 0 Å². The maximum atomic E-state index is 12.9. The van der Waals surface area contributed by atoms with Gasteiger partial charge in [0.25, 0.3) is 11.6 Å². The molecule has 0 saturated carbocycles. The van der Waals surface area contributed by atoms with Gasteiger partial charge in [0.05, 0.1) is 11.5 Å². The number of benzene rings is 2. The minimum absolute atomic E-state index is 0.0748. The van der Waals surface area contributed by atoms with Crippen molar-refractivity contribution in [3.63, 3.8) is 0 Å². The lowest BCUT2D eigenvalue weighted by Crippen LogP contribution is -2.40. The molecule has 1 N–H and O–H groups in total. The Morgan fingerprint density at radius 3 is 2.40 bits per heavy atom. The van der Waals surface area contributed by atoms with Gasteiger partial charge in [-0.05, 0) is 36.2 Å². The van der Waals surface area contributed by atoms with Crippen LogP contribution in [0.25, 0.3) is 0 Å². The van der Waals surface area contributed by atoms with Crippen LogP contribution in [0.2, 0.25) is 0 Å². The predicted octanol–water partition coefficient (Wildman–Crippen LogP) is 3.32. The summed E-state index contributed by atoms with van der Waals surface area (Å²) in [5, 5.41) is 13.5. The zero-order chi connectivity index (χ0) is 18.2. The number of rotatable bonds is 4. The van der Waals surface area contributed by atoms with Gasteiger partial charge >= 0.3 is 6.03 Å². The highest BCUT2D eigenvalue weighted by molar-refractivity contribution is 9.10. The van der Waals surface area contributed by atoms with Crippen molar-refractivity contribution >= 4 is 33.6 Å². The molecule has 0 aromatic heterocycles. The van der Waals surface area contributed by atoms with Gasteiger partial charge < -0.3 is 5.32 Å². The van der Waals surface area contributed by atoms with Crippen LogP contribution in [0, 0.1) is 10.1 Å². The Balaban J connectivity index is 1.89. The van der Waals surface area contributed by atoms with Crippen molar-refractivity contribution in [1.82, 2.24) is 10.2 Å². The molecule has 2 aromatic rings. The summed E-state index contributed by atoms with van der Waals surface area (Å²) >= 11 is 3.40. The molecular formula is C17H14BrN3O4.